The van der Waals surface area contributed by atoms with E-state index in [9.17, 15) is 0 Å². The maximum atomic E-state index is 7.12. The van der Waals surface area contributed by atoms with Crippen LogP contribution in [0, 0.1) is 0 Å². The highest BCUT2D eigenvalue weighted by Crippen LogP contribution is 2.49. The second kappa shape index (κ2) is 12.9. The molecule has 270 valence electrons. The molecule has 0 amide bonds. The van der Waals surface area contributed by atoms with Gasteiger partial charge in [-0.1, -0.05) is 170 Å². The van der Waals surface area contributed by atoms with Crippen molar-refractivity contribution in [1.82, 2.24) is 0 Å². The summed E-state index contributed by atoms with van der Waals surface area (Å²) in [5.41, 5.74) is 9.63. The molecule has 0 bridgehead atoms. The molecule has 12 rings (SSSR count). The van der Waals surface area contributed by atoms with Crippen LogP contribution in [0.25, 0.3) is 98.1 Å². The third kappa shape index (κ3) is 4.99. The van der Waals surface area contributed by atoms with Crippen LogP contribution in [0.3, 0.4) is 0 Å². The van der Waals surface area contributed by atoms with Crippen LogP contribution in [-0.4, -0.2) is 0 Å². The number of hydrogen-bond acceptors (Lipinski definition) is 2. The van der Waals surface area contributed by atoms with Crippen LogP contribution < -0.4 is 4.90 Å². The summed E-state index contributed by atoms with van der Waals surface area (Å²) in [7, 11) is 0. The third-order valence-corrected chi connectivity index (χ3v) is 12.0. The van der Waals surface area contributed by atoms with Crippen molar-refractivity contribution in [2.24, 2.45) is 0 Å². The van der Waals surface area contributed by atoms with E-state index in [1.807, 2.05) is 0 Å². The van der Waals surface area contributed by atoms with E-state index in [1.165, 1.54) is 65.0 Å². The summed E-state index contributed by atoms with van der Waals surface area (Å²) in [5.74, 6) is 0. The zero-order valence-electron chi connectivity index (χ0n) is 31.6. The molecule has 0 unspecified atom stereocenters. The molecule has 11 aromatic carbocycles. The number of anilines is 3. The van der Waals surface area contributed by atoms with E-state index in [2.05, 4.69) is 217 Å². The standard InChI is InChI=1S/C56H35NO/c1-2-14-36(15-3-1)37-28-31-41(32-29-37)57(51-25-12-18-38-16-4-6-19-42(38)51)52-26-13-27-53-55(52)50-34-39-17-5-7-20-43(39)54(56(50)58-53)40-30-33-48-46-23-9-8-21-44(46)45-22-10-11-24-47(45)49(48)35-40/h1-35H. The van der Waals surface area contributed by atoms with E-state index in [4.69, 9.17) is 4.42 Å². The smallest absolute Gasteiger partial charge is 0.143 e. The van der Waals surface area contributed by atoms with Gasteiger partial charge < -0.3 is 9.32 Å². The normalized spacial score (nSPS) is 11.8. The van der Waals surface area contributed by atoms with E-state index in [-0.39, 0.29) is 0 Å². The van der Waals surface area contributed by atoms with Gasteiger partial charge in [-0.05, 0) is 108 Å². The fraction of sp³-hybridized carbons (Fsp3) is 0. The zero-order valence-corrected chi connectivity index (χ0v) is 31.6. The first-order valence-electron chi connectivity index (χ1n) is 19.9. The predicted molar refractivity (Wildman–Crippen MR) is 247 cm³/mol. The molecule has 2 nitrogen and oxygen atoms in total. The van der Waals surface area contributed by atoms with Crippen molar-refractivity contribution in [3.8, 4) is 22.3 Å². The lowest BCUT2D eigenvalue weighted by molar-refractivity contribution is 0.670. The highest BCUT2D eigenvalue weighted by Gasteiger charge is 2.24. The average molecular weight is 738 g/mol. The largest absolute Gasteiger partial charge is 0.455 e. The van der Waals surface area contributed by atoms with E-state index in [0.29, 0.717) is 0 Å². The first-order chi connectivity index (χ1) is 28.8. The first kappa shape index (κ1) is 32.6. The van der Waals surface area contributed by atoms with Crippen molar-refractivity contribution in [2.45, 2.75) is 0 Å². The Morgan fingerprint density at radius 3 is 1.59 bits per heavy atom. The molecule has 0 aliphatic rings. The van der Waals surface area contributed by atoms with E-state index in [1.54, 1.807) is 0 Å². The van der Waals surface area contributed by atoms with Crippen LogP contribution in [0.1, 0.15) is 0 Å². The molecule has 0 radical (unpaired) electrons. The molecule has 0 fully saturated rings. The number of furan rings is 1. The second-order valence-corrected chi connectivity index (χ2v) is 15.2. The summed E-state index contributed by atoms with van der Waals surface area (Å²) in [4.78, 5) is 2.41. The Hall–Kier alpha value is -7.68. The minimum absolute atomic E-state index is 0.854. The number of fused-ring (bicyclic) bond motifs is 11. The molecule has 0 aliphatic heterocycles. The molecule has 0 spiro atoms. The van der Waals surface area contributed by atoms with Crippen LogP contribution in [0.2, 0.25) is 0 Å². The minimum atomic E-state index is 0.854. The van der Waals surface area contributed by atoms with Gasteiger partial charge in [0.2, 0.25) is 0 Å². The maximum absolute atomic E-state index is 7.12. The van der Waals surface area contributed by atoms with Crippen LogP contribution in [-0.2, 0) is 0 Å². The van der Waals surface area contributed by atoms with Gasteiger partial charge in [-0.25, -0.2) is 0 Å². The Kier molecular flexibility index (Phi) is 7.26. The Labute approximate surface area is 335 Å². The number of nitrogens with zero attached hydrogens (tertiary/aromatic N) is 1. The highest BCUT2D eigenvalue weighted by atomic mass is 16.3. The van der Waals surface area contributed by atoms with Gasteiger partial charge >= 0.3 is 0 Å². The van der Waals surface area contributed by atoms with Gasteiger partial charge in [0, 0.05) is 22.0 Å². The summed E-state index contributed by atoms with van der Waals surface area (Å²) in [6, 6.07) is 76.9. The lowest BCUT2D eigenvalue weighted by Gasteiger charge is -2.27. The molecule has 0 saturated carbocycles. The Bertz CT molecular complexity index is 3520. The van der Waals surface area contributed by atoms with Gasteiger partial charge in [0.15, 0.2) is 0 Å². The van der Waals surface area contributed by atoms with Gasteiger partial charge in [0.05, 0.1) is 16.8 Å². The molecular formula is C56H35NO. The molecule has 2 heteroatoms. The molecule has 0 atom stereocenters. The van der Waals surface area contributed by atoms with Crippen LogP contribution in [0.4, 0.5) is 17.1 Å². The van der Waals surface area contributed by atoms with Crippen LogP contribution >= 0.6 is 0 Å². The van der Waals surface area contributed by atoms with Gasteiger partial charge in [-0.15, -0.1) is 0 Å². The predicted octanol–water partition coefficient (Wildman–Crippen LogP) is 16.2. The zero-order chi connectivity index (χ0) is 38.2. The number of benzene rings is 11. The average Bonchev–Trinajstić information content (AvgIpc) is 3.67. The molecule has 0 saturated heterocycles. The monoisotopic (exact) mass is 737 g/mol. The van der Waals surface area contributed by atoms with Gasteiger partial charge in [0.1, 0.15) is 11.2 Å². The van der Waals surface area contributed by atoms with Crippen molar-refractivity contribution < 1.29 is 4.42 Å². The fourth-order valence-corrected chi connectivity index (χ4v) is 9.39. The van der Waals surface area contributed by atoms with Crippen molar-refractivity contribution in [3.05, 3.63) is 212 Å². The summed E-state index contributed by atoms with van der Waals surface area (Å²) < 4.78 is 7.12. The van der Waals surface area contributed by atoms with Crippen LogP contribution in [0.15, 0.2) is 217 Å². The van der Waals surface area contributed by atoms with Crippen molar-refractivity contribution in [3.63, 3.8) is 0 Å². The van der Waals surface area contributed by atoms with Crippen molar-refractivity contribution in [2.75, 3.05) is 4.90 Å². The quantitative estimate of drug-likeness (QED) is 0.164. The van der Waals surface area contributed by atoms with E-state index < -0.39 is 0 Å². The Morgan fingerprint density at radius 1 is 0.310 bits per heavy atom. The fourth-order valence-electron chi connectivity index (χ4n) is 9.39. The van der Waals surface area contributed by atoms with E-state index in [0.717, 1.165) is 50.1 Å². The van der Waals surface area contributed by atoms with Gasteiger partial charge in [-0.3, -0.25) is 0 Å². The summed E-state index contributed by atoms with van der Waals surface area (Å²) in [6.07, 6.45) is 0. The van der Waals surface area contributed by atoms with Crippen LogP contribution in [0.5, 0.6) is 0 Å². The van der Waals surface area contributed by atoms with Gasteiger partial charge in [-0.2, -0.15) is 0 Å². The summed E-state index contributed by atoms with van der Waals surface area (Å²) in [6.45, 7) is 0. The third-order valence-electron chi connectivity index (χ3n) is 12.0. The topological polar surface area (TPSA) is 16.4 Å². The first-order valence-corrected chi connectivity index (χ1v) is 19.9. The SMILES string of the molecule is c1ccc(-c2ccc(N(c3cccc4ccccc34)c3cccc4oc5c(-c6ccc7c8ccccc8c8ccccc8c7c6)c6ccccc6cc5c34)cc2)cc1. The highest BCUT2D eigenvalue weighted by molar-refractivity contribution is 6.27. The van der Waals surface area contributed by atoms with Crippen molar-refractivity contribution >= 4 is 92.9 Å². The minimum Gasteiger partial charge on any atom is -0.455 e. The molecule has 0 N–H and O–H groups in total. The lowest BCUT2D eigenvalue weighted by Crippen LogP contribution is -2.10. The number of rotatable bonds is 5. The number of hydrogen-bond donors (Lipinski definition) is 0. The van der Waals surface area contributed by atoms with E-state index >= 15 is 0 Å². The second-order valence-electron chi connectivity index (χ2n) is 15.2. The molecule has 0 aliphatic carbocycles. The summed E-state index contributed by atoms with van der Waals surface area (Å²) >= 11 is 0. The molecule has 12 aromatic rings. The maximum Gasteiger partial charge on any atom is 0.143 e. The Morgan fingerprint density at radius 2 is 0.845 bits per heavy atom. The molecular weight excluding hydrogens is 703 g/mol. The summed E-state index contributed by atoms with van der Waals surface area (Å²) in [5, 5.41) is 14.5. The van der Waals surface area contributed by atoms with Crippen molar-refractivity contribution in [1.29, 1.82) is 0 Å². The Balaban J connectivity index is 1.14. The lowest BCUT2D eigenvalue weighted by atomic mass is 9.90. The van der Waals surface area contributed by atoms with Gasteiger partial charge in [0.25, 0.3) is 0 Å². The molecule has 1 aromatic heterocycles. The molecule has 1 heterocycles. The molecule has 58 heavy (non-hydrogen) atoms.